The molecule has 0 aliphatic heterocycles. The van der Waals surface area contributed by atoms with E-state index in [0.717, 1.165) is 18.4 Å². The molecular weight excluding hydrogens is 382 g/mol. The highest BCUT2D eigenvalue weighted by molar-refractivity contribution is 8.00. The largest absolute Gasteiger partial charge is 0.352 e. The lowest BCUT2D eigenvalue weighted by Crippen LogP contribution is -2.46. The van der Waals surface area contributed by atoms with Crippen molar-refractivity contribution in [3.05, 3.63) is 29.3 Å². The summed E-state index contributed by atoms with van der Waals surface area (Å²) in [6, 6.07) is 7.52. The number of nitrogens with two attached hydrogens (primary N) is 1. The van der Waals surface area contributed by atoms with Gasteiger partial charge in [0.1, 0.15) is 0 Å². The first-order valence-corrected chi connectivity index (χ1v) is 10.6. The number of hydrogen-bond acceptors (Lipinski definition) is 5. The Kier molecular flexibility index (Phi) is 6.32. The molecule has 1 fully saturated rings. The van der Waals surface area contributed by atoms with E-state index in [1.54, 1.807) is 12.1 Å². The van der Waals surface area contributed by atoms with Crippen LogP contribution in [0, 0.1) is 11.8 Å². The number of amides is 1. The molecule has 6 nitrogen and oxygen atoms in total. The highest BCUT2D eigenvalue weighted by Crippen LogP contribution is 2.30. The van der Waals surface area contributed by atoms with E-state index in [2.05, 4.69) is 29.4 Å². The number of benzene rings is 1. The fourth-order valence-corrected chi connectivity index (χ4v) is 4.45. The molecule has 0 unspecified atom stereocenters. The van der Waals surface area contributed by atoms with E-state index >= 15 is 0 Å². The van der Waals surface area contributed by atoms with Crippen molar-refractivity contribution in [3.63, 3.8) is 0 Å². The predicted octanol–water partition coefficient (Wildman–Crippen LogP) is 3.73. The third-order valence-electron chi connectivity index (χ3n) is 5.43. The van der Waals surface area contributed by atoms with Crippen molar-refractivity contribution in [2.75, 3.05) is 5.84 Å². The molecule has 1 aromatic carbocycles. The Hall–Kier alpha value is -1.73. The van der Waals surface area contributed by atoms with Gasteiger partial charge in [-0.1, -0.05) is 62.2 Å². The molecular formula is C19H26ClN5OS. The quantitative estimate of drug-likeness (QED) is 0.582. The molecule has 0 spiro atoms. The summed E-state index contributed by atoms with van der Waals surface area (Å²) in [7, 11) is 0. The van der Waals surface area contributed by atoms with Crippen LogP contribution < -0.4 is 11.2 Å². The fraction of sp³-hybridized carbons (Fsp3) is 0.526. The Morgan fingerprint density at radius 2 is 2.15 bits per heavy atom. The maximum absolute atomic E-state index is 12.7. The topological polar surface area (TPSA) is 85.8 Å². The molecule has 1 aliphatic rings. The van der Waals surface area contributed by atoms with Crippen LogP contribution in [0.25, 0.3) is 11.4 Å². The first kappa shape index (κ1) is 20.0. The van der Waals surface area contributed by atoms with Crippen molar-refractivity contribution < 1.29 is 4.79 Å². The first-order chi connectivity index (χ1) is 12.9. The van der Waals surface area contributed by atoms with E-state index in [-0.39, 0.29) is 17.2 Å². The van der Waals surface area contributed by atoms with Crippen molar-refractivity contribution in [1.82, 2.24) is 20.2 Å². The number of thioether (sulfide) groups is 1. The number of aromatic nitrogens is 3. The van der Waals surface area contributed by atoms with Gasteiger partial charge in [0.05, 0.1) is 5.25 Å². The van der Waals surface area contributed by atoms with Crippen LogP contribution in [-0.4, -0.2) is 32.1 Å². The van der Waals surface area contributed by atoms with E-state index in [1.165, 1.54) is 22.9 Å². The second-order valence-electron chi connectivity index (χ2n) is 7.33. The van der Waals surface area contributed by atoms with E-state index in [4.69, 9.17) is 17.4 Å². The van der Waals surface area contributed by atoms with Crippen molar-refractivity contribution >= 4 is 29.3 Å². The number of carbonyl (C=O) groups excluding carboxylic acids is 1. The summed E-state index contributed by atoms with van der Waals surface area (Å²) in [5, 5.41) is 12.3. The van der Waals surface area contributed by atoms with Gasteiger partial charge in [-0.25, -0.2) is 4.68 Å². The molecule has 1 heterocycles. The molecule has 3 N–H and O–H groups in total. The maximum atomic E-state index is 12.7. The van der Waals surface area contributed by atoms with E-state index in [9.17, 15) is 4.79 Å². The Labute approximate surface area is 169 Å². The zero-order chi connectivity index (χ0) is 19.6. The summed E-state index contributed by atoms with van der Waals surface area (Å²) < 4.78 is 1.41. The van der Waals surface area contributed by atoms with Gasteiger partial charge in [0.25, 0.3) is 0 Å². The minimum Gasteiger partial charge on any atom is -0.352 e. The lowest BCUT2D eigenvalue weighted by atomic mass is 9.78. The van der Waals surface area contributed by atoms with Crippen molar-refractivity contribution in [2.45, 2.75) is 56.5 Å². The Morgan fingerprint density at radius 3 is 2.89 bits per heavy atom. The van der Waals surface area contributed by atoms with Crippen LogP contribution in [0.2, 0.25) is 5.02 Å². The number of rotatable bonds is 5. The third kappa shape index (κ3) is 4.58. The number of nitrogens with zero attached hydrogens (tertiary/aromatic N) is 3. The van der Waals surface area contributed by atoms with Crippen LogP contribution in [0.1, 0.15) is 40.0 Å². The Bertz CT molecular complexity index is 811. The third-order valence-corrected chi connectivity index (χ3v) is 6.73. The molecule has 27 heavy (non-hydrogen) atoms. The molecule has 4 atom stereocenters. The zero-order valence-electron chi connectivity index (χ0n) is 15.9. The molecule has 1 aliphatic carbocycles. The minimum atomic E-state index is -0.312. The molecule has 0 radical (unpaired) electrons. The summed E-state index contributed by atoms with van der Waals surface area (Å²) >= 11 is 7.35. The number of carbonyl (C=O) groups is 1. The summed E-state index contributed by atoms with van der Waals surface area (Å²) in [5.74, 6) is 7.81. The minimum absolute atomic E-state index is 0.0123. The van der Waals surface area contributed by atoms with Crippen LogP contribution in [-0.2, 0) is 4.79 Å². The van der Waals surface area contributed by atoms with Crippen LogP contribution in [0.4, 0.5) is 0 Å². The number of nitrogen functional groups attached to an aromatic ring is 1. The van der Waals surface area contributed by atoms with Gasteiger partial charge in [-0.05, 0) is 37.3 Å². The first-order valence-electron chi connectivity index (χ1n) is 9.30. The second-order valence-corrected chi connectivity index (χ2v) is 9.07. The Balaban J connectivity index is 1.65. The van der Waals surface area contributed by atoms with Crippen molar-refractivity contribution in [3.8, 4) is 11.4 Å². The lowest BCUT2D eigenvalue weighted by Gasteiger charge is -2.35. The summed E-state index contributed by atoms with van der Waals surface area (Å²) in [6.07, 6.45) is 3.44. The van der Waals surface area contributed by atoms with Gasteiger partial charge >= 0.3 is 0 Å². The average molecular weight is 408 g/mol. The van der Waals surface area contributed by atoms with Gasteiger partial charge in [0.15, 0.2) is 5.82 Å². The average Bonchev–Trinajstić information content (AvgIpc) is 2.99. The molecule has 3 rings (SSSR count). The molecule has 1 aromatic heterocycles. The van der Waals surface area contributed by atoms with Gasteiger partial charge in [-0.15, -0.1) is 10.2 Å². The summed E-state index contributed by atoms with van der Waals surface area (Å²) in [6.45, 7) is 6.35. The summed E-state index contributed by atoms with van der Waals surface area (Å²) in [5.41, 5.74) is 0.784. The van der Waals surface area contributed by atoms with Crippen LogP contribution in [0.15, 0.2) is 29.4 Å². The summed E-state index contributed by atoms with van der Waals surface area (Å²) in [4.78, 5) is 12.7. The second kappa shape index (κ2) is 8.52. The number of hydrogen-bond donors (Lipinski definition) is 2. The highest BCUT2D eigenvalue weighted by atomic mass is 35.5. The predicted molar refractivity (Wildman–Crippen MR) is 110 cm³/mol. The molecule has 8 heteroatoms. The van der Waals surface area contributed by atoms with E-state index in [1.807, 2.05) is 19.1 Å². The molecule has 0 bridgehead atoms. The van der Waals surface area contributed by atoms with Gasteiger partial charge in [0.2, 0.25) is 11.1 Å². The van der Waals surface area contributed by atoms with Crippen LogP contribution in [0.3, 0.4) is 0 Å². The fourth-order valence-electron chi connectivity index (χ4n) is 3.48. The van der Waals surface area contributed by atoms with Crippen LogP contribution >= 0.6 is 23.4 Å². The highest BCUT2D eigenvalue weighted by Gasteiger charge is 2.30. The lowest BCUT2D eigenvalue weighted by molar-refractivity contribution is -0.121. The van der Waals surface area contributed by atoms with E-state index in [0.29, 0.717) is 27.8 Å². The van der Waals surface area contributed by atoms with Crippen molar-refractivity contribution in [1.29, 1.82) is 0 Å². The van der Waals surface area contributed by atoms with Crippen LogP contribution in [0.5, 0.6) is 0 Å². The molecule has 0 saturated heterocycles. The molecule has 146 valence electrons. The monoisotopic (exact) mass is 407 g/mol. The number of nitrogens with one attached hydrogen (secondary N) is 1. The number of halogens is 1. The standard InChI is InChI=1S/C19H26ClN5OS/c1-11-6-4-9-16(12(11)2)22-18(26)13(3)27-19-24-23-17(25(19)21)14-7-5-8-15(20)10-14/h5,7-8,10-13,16H,4,6,9,21H2,1-3H3,(H,22,26)/t11-,12+,13+,16-/m0/s1. The SMILES string of the molecule is C[C@H]1[C@@H](NC(=O)[C@@H](C)Sc2nnc(-c3cccc(Cl)c3)n2N)CCC[C@@H]1C. The maximum Gasteiger partial charge on any atom is 0.233 e. The zero-order valence-corrected chi connectivity index (χ0v) is 17.4. The normalized spacial score (nSPS) is 23.8. The van der Waals surface area contributed by atoms with Gasteiger partial charge in [-0.3, -0.25) is 4.79 Å². The van der Waals surface area contributed by atoms with Gasteiger partial charge in [-0.2, -0.15) is 0 Å². The smallest absolute Gasteiger partial charge is 0.233 e. The van der Waals surface area contributed by atoms with Gasteiger partial charge in [0, 0.05) is 16.6 Å². The van der Waals surface area contributed by atoms with E-state index < -0.39 is 0 Å². The Morgan fingerprint density at radius 1 is 1.37 bits per heavy atom. The molecule has 1 saturated carbocycles. The molecule has 1 amide bonds. The molecule has 2 aromatic rings. The van der Waals surface area contributed by atoms with Gasteiger partial charge < -0.3 is 11.2 Å². The van der Waals surface area contributed by atoms with Crippen molar-refractivity contribution in [2.24, 2.45) is 11.8 Å².